The highest BCUT2D eigenvalue weighted by molar-refractivity contribution is 7.27. The first-order valence-electron chi connectivity index (χ1n) is 35.1. The number of hydrogen-bond acceptors (Lipinski definition) is 3. The first-order valence-corrected chi connectivity index (χ1v) is 37.6. The third-order valence-corrected chi connectivity index (χ3v) is 25.9. The highest BCUT2D eigenvalue weighted by Gasteiger charge is 2.25. The van der Waals surface area contributed by atoms with Gasteiger partial charge >= 0.3 is 0 Å². The van der Waals surface area contributed by atoms with E-state index in [0.29, 0.717) is 0 Å². The number of nitrogens with zero attached hydrogens (tertiary/aromatic N) is 1. The number of aromatic nitrogens is 1. The van der Waals surface area contributed by atoms with Gasteiger partial charge in [-0.05, 0) is 204 Å². The van der Waals surface area contributed by atoms with Crippen LogP contribution in [0.25, 0.3) is 230 Å². The molecular weight excluding hydrogens is 1290 g/mol. The number of benzene rings is 19. The Bertz CT molecular complexity index is 7510. The van der Waals surface area contributed by atoms with Crippen LogP contribution in [0, 0.1) is 0 Å². The van der Waals surface area contributed by atoms with E-state index in [1.165, 1.54) is 224 Å². The van der Waals surface area contributed by atoms with Gasteiger partial charge in [-0.1, -0.05) is 261 Å². The van der Waals surface area contributed by atoms with Gasteiger partial charge in [0, 0.05) is 87.7 Å². The van der Waals surface area contributed by atoms with Gasteiger partial charge in [0.2, 0.25) is 0 Å². The summed E-state index contributed by atoms with van der Waals surface area (Å²) < 4.78 is 10.3. The molecule has 19 aromatic carbocycles. The second-order valence-corrected chi connectivity index (χ2v) is 30.7. The molecule has 23 aromatic rings. The minimum absolute atomic E-state index is 1.16. The number of hydrogen-bond donors (Lipinski definition) is 0. The Morgan fingerprint density at radius 2 is 0.500 bits per heavy atom. The van der Waals surface area contributed by atoms with Crippen molar-refractivity contribution in [3.05, 3.63) is 334 Å². The van der Waals surface area contributed by atoms with Gasteiger partial charge in [-0.3, -0.25) is 0 Å². The third-order valence-electron chi connectivity index (χ3n) is 22.3. The molecule has 0 unspecified atom stereocenters. The lowest BCUT2D eigenvalue weighted by atomic mass is 9.85. The summed E-state index contributed by atoms with van der Waals surface area (Å²) in [5.74, 6) is 0. The van der Waals surface area contributed by atoms with Crippen LogP contribution in [0.5, 0.6) is 0 Å². The van der Waals surface area contributed by atoms with Crippen molar-refractivity contribution < 1.29 is 0 Å². The SMILES string of the molecule is c1ccc(-n2c3ccccc3c3cc(-c4c5ccccc5c(-c5ccc6sc7c8cc(-c9cccc%10c9sc9ccc(-c%11c%12ccccc%12c(-c%12ccc%13sc%14c%15ccccc%15c%15ccccc%15c%14c%13c%12)c%12ccccc%11%12)cc9%10)ccc8c8ccccc8c7c6c5)c5ccccc45)ccc32)cc1. The van der Waals surface area contributed by atoms with E-state index in [1.54, 1.807) is 0 Å². The Balaban J connectivity index is 0.659. The number of thiophene rings is 3. The minimum atomic E-state index is 1.16. The normalized spacial score (nSPS) is 12.3. The van der Waals surface area contributed by atoms with Crippen LogP contribution < -0.4 is 0 Å². The number of para-hydroxylation sites is 2. The maximum Gasteiger partial charge on any atom is 0.0541 e. The van der Waals surface area contributed by atoms with E-state index in [4.69, 9.17) is 0 Å². The molecule has 0 fully saturated rings. The Morgan fingerprint density at radius 1 is 0.176 bits per heavy atom. The molecule has 0 radical (unpaired) electrons. The second kappa shape index (κ2) is 21.6. The van der Waals surface area contributed by atoms with Crippen molar-refractivity contribution >= 4 is 203 Å². The third kappa shape index (κ3) is 8.02. The van der Waals surface area contributed by atoms with Gasteiger partial charge in [0.05, 0.1) is 11.0 Å². The summed E-state index contributed by atoms with van der Waals surface area (Å²) in [6.07, 6.45) is 0. The van der Waals surface area contributed by atoms with E-state index in [1.807, 2.05) is 34.0 Å². The summed E-state index contributed by atoms with van der Waals surface area (Å²) in [5, 5.41) is 30.8. The van der Waals surface area contributed by atoms with Crippen molar-refractivity contribution in [2.75, 3.05) is 0 Å². The van der Waals surface area contributed by atoms with Crippen LogP contribution in [-0.4, -0.2) is 4.57 Å². The van der Waals surface area contributed by atoms with E-state index in [-0.39, 0.29) is 0 Å². The van der Waals surface area contributed by atoms with Crippen LogP contribution in [0.4, 0.5) is 0 Å². The summed E-state index contributed by atoms with van der Waals surface area (Å²) in [4.78, 5) is 0. The zero-order chi connectivity index (χ0) is 66.4. The van der Waals surface area contributed by atoms with Crippen LogP contribution in [0.1, 0.15) is 0 Å². The van der Waals surface area contributed by atoms with Gasteiger partial charge in [0.1, 0.15) is 0 Å². The van der Waals surface area contributed by atoms with Crippen molar-refractivity contribution in [2.24, 2.45) is 0 Å². The first kappa shape index (κ1) is 56.6. The van der Waals surface area contributed by atoms with E-state index in [2.05, 4.69) is 338 Å². The van der Waals surface area contributed by atoms with Crippen molar-refractivity contribution in [3.63, 3.8) is 0 Å². The summed E-state index contributed by atoms with van der Waals surface area (Å²) >= 11 is 5.77. The van der Waals surface area contributed by atoms with Crippen molar-refractivity contribution in [2.45, 2.75) is 0 Å². The topological polar surface area (TPSA) is 4.93 Å². The highest BCUT2D eigenvalue weighted by atomic mass is 32.1. The lowest BCUT2D eigenvalue weighted by Gasteiger charge is -2.18. The fourth-order valence-corrected chi connectivity index (χ4v) is 21.7. The average Bonchev–Trinajstić information content (AvgIpc) is 1.42. The van der Waals surface area contributed by atoms with Gasteiger partial charge in [-0.15, -0.1) is 34.0 Å². The molecule has 0 saturated carbocycles. The summed E-state index contributed by atoms with van der Waals surface area (Å²) in [7, 11) is 0. The van der Waals surface area contributed by atoms with Crippen LogP contribution in [0.3, 0.4) is 0 Å². The molecule has 0 atom stereocenters. The van der Waals surface area contributed by atoms with Gasteiger partial charge in [0.15, 0.2) is 0 Å². The molecule has 4 heterocycles. The molecular formula is C98H55NS3. The Kier molecular flexibility index (Phi) is 12.0. The van der Waals surface area contributed by atoms with Crippen molar-refractivity contribution in [1.82, 2.24) is 4.57 Å². The van der Waals surface area contributed by atoms with Crippen LogP contribution in [-0.2, 0) is 0 Å². The summed E-state index contributed by atoms with van der Waals surface area (Å²) in [6, 6.07) is 126. The molecule has 0 aliphatic carbocycles. The van der Waals surface area contributed by atoms with Crippen LogP contribution >= 0.6 is 34.0 Å². The predicted octanol–water partition coefficient (Wildman–Crippen LogP) is 29.4. The summed E-state index contributed by atoms with van der Waals surface area (Å²) in [6.45, 7) is 0. The fourth-order valence-electron chi connectivity index (χ4n) is 18.0. The number of fused-ring (bicyclic) bond motifs is 26. The molecule has 4 aromatic heterocycles. The zero-order valence-electron chi connectivity index (χ0n) is 54.9. The standard InChI is InChI=1S/C98H55NS3/c1-2-21-61(22-3-1)99-85-40-19-18-26-67(85)80-52-57(42-47-86(80)99)90-70-29-9-13-33-74(70)93(75-34-14-10-30-71(75)90)60-45-50-89-84(55-60)95-69-28-8-5-24-64(69)66-46-41-56(51-82(66)98(95)102-89)62-38-20-39-79-81-53-58(43-48-87(81)100-96(62)79)91-72-31-11-15-35-76(72)92(77-36-16-12-32-73(77)91)59-44-49-88-83(54-59)94-68-27-7-4-23-63(68)65-25-6-17-37-78(65)97(94)101-88/h1-55H. The van der Waals surface area contributed by atoms with E-state index in [9.17, 15) is 0 Å². The molecule has 0 bridgehead atoms. The van der Waals surface area contributed by atoms with Crippen molar-refractivity contribution in [1.29, 1.82) is 0 Å². The molecule has 0 aliphatic rings. The predicted molar refractivity (Wildman–Crippen MR) is 447 cm³/mol. The smallest absolute Gasteiger partial charge is 0.0541 e. The van der Waals surface area contributed by atoms with E-state index >= 15 is 0 Å². The Hall–Kier alpha value is -12.3. The fraction of sp³-hybridized carbons (Fsp3) is 0. The first-order chi connectivity index (χ1) is 50.6. The maximum atomic E-state index is 2.51. The molecule has 4 heteroatoms. The minimum Gasteiger partial charge on any atom is -0.309 e. The van der Waals surface area contributed by atoms with Gasteiger partial charge < -0.3 is 4.57 Å². The second-order valence-electron chi connectivity index (χ2n) is 27.5. The Morgan fingerprint density at radius 3 is 1.01 bits per heavy atom. The molecule has 470 valence electrons. The van der Waals surface area contributed by atoms with E-state index in [0.717, 1.165) is 5.69 Å². The largest absolute Gasteiger partial charge is 0.309 e. The zero-order valence-corrected chi connectivity index (χ0v) is 57.4. The van der Waals surface area contributed by atoms with Crippen molar-refractivity contribution in [3.8, 4) is 61.3 Å². The summed E-state index contributed by atoms with van der Waals surface area (Å²) in [5.41, 5.74) is 16.1. The lowest BCUT2D eigenvalue weighted by molar-refractivity contribution is 1.18. The molecule has 0 N–H and O–H groups in total. The van der Waals surface area contributed by atoms with E-state index < -0.39 is 0 Å². The molecule has 102 heavy (non-hydrogen) atoms. The van der Waals surface area contributed by atoms with Gasteiger partial charge in [0.25, 0.3) is 0 Å². The monoisotopic (exact) mass is 1340 g/mol. The lowest BCUT2D eigenvalue weighted by Crippen LogP contribution is -1.93. The molecule has 1 nitrogen and oxygen atoms in total. The number of rotatable bonds is 6. The quantitative estimate of drug-likeness (QED) is 0.116. The molecule has 0 amide bonds. The highest BCUT2D eigenvalue weighted by Crippen LogP contribution is 2.53. The van der Waals surface area contributed by atoms with Crippen LogP contribution in [0.15, 0.2) is 334 Å². The molecule has 0 saturated heterocycles. The molecule has 0 spiro atoms. The maximum absolute atomic E-state index is 2.51. The average molecular weight is 1340 g/mol. The molecule has 23 rings (SSSR count). The van der Waals surface area contributed by atoms with Gasteiger partial charge in [-0.25, -0.2) is 0 Å². The van der Waals surface area contributed by atoms with Gasteiger partial charge in [-0.2, -0.15) is 0 Å². The van der Waals surface area contributed by atoms with Crippen LogP contribution in [0.2, 0.25) is 0 Å². The Labute approximate surface area is 597 Å². The molecule has 0 aliphatic heterocycles.